The van der Waals surface area contributed by atoms with Gasteiger partial charge in [0.15, 0.2) is 0 Å². The molecule has 1 atom stereocenters. The van der Waals surface area contributed by atoms with Crippen molar-refractivity contribution in [3.63, 3.8) is 0 Å². The van der Waals surface area contributed by atoms with Crippen LogP contribution in [-0.2, 0) is 0 Å². The van der Waals surface area contributed by atoms with E-state index in [0.29, 0.717) is 5.69 Å². The van der Waals surface area contributed by atoms with Gasteiger partial charge >= 0.3 is 0 Å². The summed E-state index contributed by atoms with van der Waals surface area (Å²) < 4.78 is 2.90. The normalized spacial score (nSPS) is 20.1. The first-order valence-electron chi connectivity index (χ1n) is 6.83. The van der Waals surface area contributed by atoms with Crippen molar-refractivity contribution in [2.75, 3.05) is 13.2 Å². The maximum Gasteiger partial charge on any atom is 0.270 e. The Morgan fingerprint density at radius 1 is 1.53 bits per heavy atom. The maximum atomic E-state index is 12.7. The Kier molecular flexibility index (Phi) is 4.68. The van der Waals surface area contributed by atoms with Crippen LogP contribution in [0.4, 0.5) is 0 Å². The molecule has 1 aliphatic rings. The number of halogens is 1. The molecule has 0 bridgehead atoms. The number of rotatable bonds is 3. The summed E-state index contributed by atoms with van der Waals surface area (Å²) in [6, 6.07) is 2.07. The molecule has 1 aliphatic heterocycles. The molecule has 1 aromatic rings. The summed E-state index contributed by atoms with van der Waals surface area (Å²) in [5.41, 5.74) is 0.697. The van der Waals surface area contributed by atoms with Gasteiger partial charge < -0.3 is 14.6 Å². The van der Waals surface area contributed by atoms with Gasteiger partial charge in [0.2, 0.25) is 0 Å². The quantitative estimate of drug-likeness (QED) is 0.927. The largest absolute Gasteiger partial charge is 0.394 e. The van der Waals surface area contributed by atoms with Gasteiger partial charge in [0.25, 0.3) is 5.91 Å². The molecule has 1 unspecified atom stereocenters. The van der Waals surface area contributed by atoms with E-state index in [1.165, 1.54) is 0 Å². The first-order chi connectivity index (χ1) is 9.04. The number of hydrogen-bond donors (Lipinski definition) is 1. The highest BCUT2D eigenvalue weighted by molar-refractivity contribution is 9.10. The lowest BCUT2D eigenvalue weighted by atomic mass is 10.0. The van der Waals surface area contributed by atoms with Crippen LogP contribution < -0.4 is 0 Å². The topological polar surface area (TPSA) is 45.5 Å². The smallest absolute Gasteiger partial charge is 0.270 e. The Hall–Kier alpha value is -0.810. The van der Waals surface area contributed by atoms with Crippen LogP contribution in [0.3, 0.4) is 0 Å². The van der Waals surface area contributed by atoms with E-state index in [1.54, 1.807) is 0 Å². The van der Waals surface area contributed by atoms with E-state index in [4.69, 9.17) is 0 Å². The van der Waals surface area contributed by atoms with Crippen molar-refractivity contribution in [1.82, 2.24) is 9.47 Å². The van der Waals surface area contributed by atoms with E-state index < -0.39 is 0 Å². The van der Waals surface area contributed by atoms with Crippen molar-refractivity contribution in [1.29, 1.82) is 0 Å². The Labute approximate surface area is 122 Å². The van der Waals surface area contributed by atoms with E-state index in [-0.39, 0.29) is 24.6 Å². The second-order valence-corrected chi connectivity index (χ2v) is 6.29. The van der Waals surface area contributed by atoms with Gasteiger partial charge in [0, 0.05) is 23.3 Å². The van der Waals surface area contributed by atoms with Crippen LogP contribution >= 0.6 is 15.9 Å². The number of piperidine rings is 1. The van der Waals surface area contributed by atoms with E-state index >= 15 is 0 Å². The Morgan fingerprint density at radius 2 is 2.26 bits per heavy atom. The summed E-state index contributed by atoms with van der Waals surface area (Å²) in [5, 5.41) is 9.43. The minimum absolute atomic E-state index is 0.0261. The van der Waals surface area contributed by atoms with Crippen molar-refractivity contribution >= 4 is 21.8 Å². The summed E-state index contributed by atoms with van der Waals surface area (Å²) in [4.78, 5) is 14.5. The van der Waals surface area contributed by atoms with E-state index in [1.807, 2.05) is 21.7 Å². The average Bonchev–Trinajstić information content (AvgIpc) is 2.80. The van der Waals surface area contributed by atoms with Crippen LogP contribution in [0.15, 0.2) is 16.7 Å². The highest BCUT2D eigenvalue weighted by Crippen LogP contribution is 2.24. The van der Waals surface area contributed by atoms with Crippen molar-refractivity contribution in [2.24, 2.45) is 0 Å². The molecule has 106 valence electrons. The zero-order valence-corrected chi connectivity index (χ0v) is 13.1. The fourth-order valence-electron chi connectivity index (χ4n) is 2.65. The second-order valence-electron chi connectivity index (χ2n) is 5.38. The fourth-order valence-corrected chi connectivity index (χ4v) is 3.09. The van der Waals surface area contributed by atoms with Crippen molar-refractivity contribution < 1.29 is 9.90 Å². The van der Waals surface area contributed by atoms with Gasteiger partial charge in [0.05, 0.1) is 12.6 Å². The van der Waals surface area contributed by atoms with Gasteiger partial charge in [-0.3, -0.25) is 4.79 Å². The zero-order chi connectivity index (χ0) is 14.0. The van der Waals surface area contributed by atoms with E-state index in [2.05, 4.69) is 29.8 Å². The maximum absolute atomic E-state index is 12.7. The van der Waals surface area contributed by atoms with Crippen LogP contribution in [0.2, 0.25) is 0 Å². The van der Waals surface area contributed by atoms with Gasteiger partial charge in [-0.15, -0.1) is 0 Å². The molecule has 19 heavy (non-hydrogen) atoms. The number of aliphatic hydroxyl groups excluding tert-OH is 1. The van der Waals surface area contributed by atoms with Gasteiger partial charge in [0.1, 0.15) is 5.69 Å². The summed E-state index contributed by atoms with van der Waals surface area (Å²) in [6.45, 7) is 4.91. The van der Waals surface area contributed by atoms with Crippen molar-refractivity contribution in [3.05, 3.63) is 22.4 Å². The average molecular weight is 329 g/mol. The Bertz CT molecular complexity index is 456. The number of likely N-dealkylation sites (tertiary alicyclic amines) is 1. The monoisotopic (exact) mass is 328 g/mol. The zero-order valence-electron chi connectivity index (χ0n) is 11.5. The molecule has 0 radical (unpaired) electrons. The molecule has 1 fully saturated rings. The highest BCUT2D eigenvalue weighted by atomic mass is 79.9. The Balaban J connectivity index is 2.27. The van der Waals surface area contributed by atoms with Crippen LogP contribution in [0, 0.1) is 0 Å². The van der Waals surface area contributed by atoms with E-state index in [0.717, 1.165) is 30.3 Å². The third-order valence-corrected chi connectivity index (χ3v) is 4.12. The molecule has 1 amide bonds. The molecule has 4 nitrogen and oxygen atoms in total. The summed E-state index contributed by atoms with van der Waals surface area (Å²) in [6.07, 6.45) is 4.94. The molecule has 5 heteroatoms. The lowest BCUT2D eigenvalue weighted by Crippen LogP contribution is -2.46. The number of nitrogens with zero attached hydrogens (tertiary/aromatic N) is 2. The summed E-state index contributed by atoms with van der Waals surface area (Å²) >= 11 is 3.43. The summed E-state index contributed by atoms with van der Waals surface area (Å²) in [7, 11) is 0. The molecule has 2 rings (SSSR count). The molecule has 1 saturated heterocycles. The first kappa shape index (κ1) is 14.6. The minimum Gasteiger partial charge on any atom is -0.394 e. The minimum atomic E-state index is -0.0319. The number of aromatic nitrogens is 1. The van der Waals surface area contributed by atoms with Gasteiger partial charge in [-0.05, 0) is 55.1 Å². The summed E-state index contributed by atoms with van der Waals surface area (Å²) in [5.74, 6) is 0.0261. The Morgan fingerprint density at radius 3 is 2.89 bits per heavy atom. The van der Waals surface area contributed by atoms with Gasteiger partial charge in [-0.25, -0.2) is 0 Å². The SMILES string of the molecule is CC(C)n1cc(Br)cc1C(=O)N1CCCCC1CO. The first-order valence-corrected chi connectivity index (χ1v) is 7.63. The number of aliphatic hydroxyl groups is 1. The lowest BCUT2D eigenvalue weighted by molar-refractivity contribution is 0.0491. The predicted molar refractivity (Wildman–Crippen MR) is 78.3 cm³/mol. The highest BCUT2D eigenvalue weighted by Gasteiger charge is 2.29. The molecule has 1 aromatic heterocycles. The molecule has 2 heterocycles. The number of amides is 1. The molecular formula is C14H21BrN2O2. The standard InChI is InChI=1S/C14H21BrN2O2/c1-10(2)17-8-11(15)7-13(17)14(19)16-6-4-3-5-12(16)9-18/h7-8,10,12,18H,3-6,9H2,1-2H3. The van der Waals surface area contributed by atoms with E-state index in [9.17, 15) is 9.90 Å². The van der Waals surface area contributed by atoms with Crippen LogP contribution in [0.5, 0.6) is 0 Å². The van der Waals surface area contributed by atoms with Crippen molar-refractivity contribution in [3.8, 4) is 0 Å². The molecule has 0 saturated carbocycles. The third-order valence-electron chi connectivity index (χ3n) is 3.69. The lowest BCUT2D eigenvalue weighted by Gasteiger charge is -2.35. The molecule has 0 aliphatic carbocycles. The molecular weight excluding hydrogens is 308 g/mol. The number of carbonyl (C=O) groups is 1. The molecule has 0 aromatic carbocycles. The number of hydrogen-bond acceptors (Lipinski definition) is 2. The van der Waals surface area contributed by atoms with Crippen LogP contribution in [-0.4, -0.2) is 39.7 Å². The van der Waals surface area contributed by atoms with Gasteiger partial charge in [-0.2, -0.15) is 0 Å². The molecule has 1 N–H and O–H groups in total. The second kappa shape index (κ2) is 6.09. The van der Waals surface area contributed by atoms with Gasteiger partial charge in [-0.1, -0.05) is 0 Å². The third kappa shape index (κ3) is 3.03. The van der Waals surface area contributed by atoms with Crippen molar-refractivity contribution in [2.45, 2.75) is 45.2 Å². The number of carbonyl (C=O) groups excluding carboxylic acids is 1. The van der Waals surface area contributed by atoms with Crippen LogP contribution in [0.1, 0.15) is 49.6 Å². The van der Waals surface area contributed by atoms with Crippen LogP contribution in [0.25, 0.3) is 0 Å². The fraction of sp³-hybridized carbons (Fsp3) is 0.643. The molecule has 0 spiro atoms. The predicted octanol–water partition coefficient (Wildman–Crippen LogP) is 2.82.